The maximum Gasteiger partial charge on any atom is 0.414 e. The minimum absolute atomic E-state index is 0.0568. The van der Waals surface area contributed by atoms with Crippen LogP contribution >= 0.6 is 0 Å². The number of cyclic esters (lactones) is 1. The smallest absolute Gasteiger partial charge is 0.414 e. The summed E-state index contributed by atoms with van der Waals surface area (Å²) in [7, 11) is 0. The zero-order chi connectivity index (χ0) is 13.0. The van der Waals surface area contributed by atoms with E-state index < -0.39 is 12.1 Å². The molecule has 1 aliphatic heterocycles. The Morgan fingerprint density at radius 1 is 1.39 bits per heavy atom. The van der Waals surface area contributed by atoms with Crippen LogP contribution in [0.2, 0.25) is 0 Å². The lowest BCUT2D eigenvalue weighted by Gasteiger charge is -2.34. The molecule has 1 fully saturated rings. The highest BCUT2D eigenvalue weighted by Crippen LogP contribution is 2.25. The van der Waals surface area contributed by atoms with Crippen LogP contribution in [0, 0.1) is 0 Å². The molecule has 5 nitrogen and oxygen atoms in total. The highest BCUT2D eigenvalue weighted by molar-refractivity contribution is 5.89. The Morgan fingerprint density at radius 3 is 2.78 bits per heavy atom. The van der Waals surface area contributed by atoms with Crippen molar-refractivity contribution in [2.24, 2.45) is 0 Å². The van der Waals surface area contributed by atoms with Crippen molar-refractivity contribution in [2.75, 3.05) is 11.5 Å². The minimum Gasteiger partial charge on any atom is -0.481 e. The molecule has 1 N–H and O–H groups in total. The van der Waals surface area contributed by atoms with Gasteiger partial charge in [-0.05, 0) is 18.6 Å². The van der Waals surface area contributed by atoms with Gasteiger partial charge in [0.05, 0.1) is 6.61 Å². The molecule has 0 bridgehead atoms. The predicted octanol–water partition coefficient (Wildman–Crippen LogP) is 2.27. The molecule has 1 heterocycles. The van der Waals surface area contributed by atoms with Crippen molar-refractivity contribution in [1.82, 2.24) is 0 Å². The van der Waals surface area contributed by atoms with Gasteiger partial charge in [0.15, 0.2) is 0 Å². The second-order valence-electron chi connectivity index (χ2n) is 4.19. The summed E-state index contributed by atoms with van der Waals surface area (Å²) in [5.41, 5.74) is 0.748. The number of rotatable bonds is 4. The minimum atomic E-state index is -0.845. The molecule has 0 radical (unpaired) electrons. The first-order chi connectivity index (χ1) is 8.68. The quantitative estimate of drug-likeness (QED) is 0.888. The summed E-state index contributed by atoms with van der Waals surface area (Å²) in [4.78, 5) is 24.0. The number of para-hydroxylation sites is 1. The summed E-state index contributed by atoms with van der Waals surface area (Å²) in [6.45, 7) is 0.354. The molecule has 1 aliphatic rings. The van der Waals surface area contributed by atoms with Gasteiger partial charge in [-0.3, -0.25) is 9.69 Å². The molecule has 0 aliphatic carbocycles. The number of hydrogen-bond donors (Lipinski definition) is 1. The lowest BCUT2D eigenvalue weighted by molar-refractivity contribution is -0.137. The number of carbonyl (C=O) groups excluding carboxylic acids is 1. The molecule has 1 saturated heterocycles. The molecule has 0 aromatic heterocycles. The maximum atomic E-state index is 11.8. The summed E-state index contributed by atoms with van der Waals surface area (Å²) in [6.07, 6.45) is 0.761. The van der Waals surface area contributed by atoms with Gasteiger partial charge in [-0.2, -0.15) is 0 Å². The van der Waals surface area contributed by atoms with Crippen molar-refractivity contribution in [2.45, 2.75) is 25.3 Å². The number of amides is 1. The Kier molecular flexibility index (Phi) is 3.82. The second-order valence-corrected chi connectivity index (χ2v) is 4.19. The number of nitrogens with zero attached hydrogens (tertiary/aromatic N) is 1. The number of carboxylic acids is 1. The zero-order valence-electron chi connectivity index (χ0n) is 9.91. The summed E-state index contributed by atoms with van der Waals surface area (Å²) in [5.74, 6) is -0.845. The van der Waals surface area contributed by atoms with Gasteiger partial charge in [0.25, 0.3) is 0 Å². The number of ether oxygens (including phenoxy) is 1. The van der Waals surface area contributed by atoms with Crippen molar-refractivity contribution in [3.8, 4) is 0 Å². The third-order valence-corrected chi connectivity index (χ3v) is 2.96. The van der Waals surface area contributed by atoms with E-state index in [2.05, 4.69) is 0 Å². The molecular formula is C13H15NO4. The SMILES string of the molecule is O=C(O)CCC1CCOC(=O)N1c1ccccc1. The van der Waals surface area contributed by atoms with Crippen molar-refractivity contribution in [3.63, 3.8) is 0 Å². The Labute approximate surface area is 105 Å². The molecule has 1 unspecified atom stereocenters. The summed E-state index contributed by atoms with van der Waals surface area (Å²) < 4.78 is 5.02. The van der Waals surface area contributed by atoms with Crippen LogP contribution in [0.1, 0.15) is 19.3 Å². The van der Waals surface area contributed by atoms with Gasteiger partial charge in [0.2, 0.25) is 0 Å². The molecule has 5 heteroatoms. The second kappa shape index (κ2) is 5.53. The maximum absolute atomic E-state index is 11.8. The number of benzene rings is 1. The molecule has 1 amide bonds. The van der Waals surface area contributed by atoms with Crippen LogP contribution in [0.5, 0.6) is 0 Å². The van der Waals surface area contributed by atoms with Crippen LogP contribution in [0.3, 0.4) is 0 Å². The van der Waals surface area contributed by atoms with Gasteiger partial charge >= 0.3 is 12.1 Å². The van der Waals surface area contributed by atoms with E-state index in [9.17, 15) is 9.59 Å². The van der Waals surface area contributed by atoms with Gasteiger partial charge in [-0.1, -0.05) is 18.2 Å². The molecule has 0 spiro atoms. The average Bonchev–Trinajstić information content (AvgIpc) is 2.37. The normalized spacial score (nSPS) is 19.4. The zero-order valence-corrected chi connectivity index (χ0v) is 9.91. The monoisotopic (exact) mass is 249 g/mol. The number of anilines is 1. The molecule has 1 aromatic rings. The molecule has 1 aromatic carbocycles. The van der Waals surface area contributed by atoms with Crippen molar-refractivity contribution in [3.05, 3.63) is 30.3 Å². The Hall–Kier alpha value is -2.04. The fraction of sp³-hybridized carbons (Fsp3) is 0.385. The third kappa shape index (κ3) is 2.80. The summed E-state index contributed by atoms with van der Waals surface area (Å²) >= 11 is 0. The Balaban J connectivity index is 2.15. The molecule has 18 heavy (non-hydrogen) atoms. The van der Waals surface area contributed by atoms with E-state index in [1.807, 2.05) is 30.3 Å². The number of aliphatic carboxylic acids is 1. The van der Waals surface area contributed by atoms with Gasteiger partial charge < -0.3 is 9.84 Å². The standard InChI is InChI=1S/C13H15NO4/c15-12(16)7-6-11-8-9-18-13(17)14(11)10-4-2-1-3-5-10/h1-5,11H,6-9H2,(H,15,16). The lowest BCUT2D eigenvalue weighted by atomic mass is 10.0. The lowest BCUT2D eigenvalue weighted by Crippen LogP contribution is -2.46. The van der Waals surface area contributed by atoms with Crippen LogP contribution < -0.4 is 4.90 Å². The average molecular weight is 249 g/mol. The summed E-state index contributed by atoms with van der Waals surface area (Å²) in [5, 5.41) is 8.73. The van der Waals surface area contributed by atoms with E-state index in [4.69, 9.17) is 9.84 Å². The van der Waals surface area contributed by atoms with Gasteiger partial charge in [-0.15, -0.1) is 0 Å². The van der Waals surface area contributed by atoms with Crippen molar-refractivity contribution in [1.29, 1.82) is 0 Å². The van der Waals surface area contributed by atoms with Crippen molar-refractivity contribution < 1.29 is 19.4 Å². The first-order valence-corrected chi connectivity index (χ1v) is 5.91. The number of hydrogen-bond acceptors (Lipinski definition) is 3. The molecule has 0 saturated carbocycles. The summed E-state index contributed by atoms with van der Waals surface area (Å²) in [6, 6.07) is 9.08. The fourth-order valence-corrected chi connectivity index (χ4v) is 2.10. The topological polar surface area (TPSA) is 66.8 Å². The van der Waals surface area contributed by atoms with Crippen LogP contribution in [0.15, 0.2) is 30.3 Å². The van der Waals surface area contributed by atoms with E-state index in [1.54, 1.807) is 4.90 Å². The highest BCUT2D eigenvalue weighted by atomic mass is 16.6. The predicted molar refractivity (Wildman–Crippen MR) is 65.5 cm³/mol. The van der Waals surface area contributed by atoms with Gasteiger partial charge in [0, 0.05) is 24.6 Å². The van der Waals surface area contributed by atoms with E-state index in [0.29, 0.717) is 19.4 Å². The Bertz CT molecular complexity index is 432. The van der Waals surface area contributed by atoms with Crippen LogP contribution in [0.25, 0.3) is 0 Å². The fourth-order valence-electron chi connectivity index (χ4n) is 2.10. The Morgan fingerprint density at radius 2 is 2.11 bits per heavy atom. The van der Waals surface area contributed by atoms with E-state index in [0.717, 1.165) is 5.69 Å². The molecule has 1 atom stereocenters. The largest absolute Gasteiger partial charge is 0.481 e. The van der Waals surface area contributed by atoms with E-state index >= 15 is 0 Å². The van der Waals surface area contributed by atoms with Crippen LogP contribution in [-0.2, 0) is 9.53 Å². The van der Waals surface area contributed by atoms with E-state index in [-0.39, 0.29) is 12.5 Å². The molecule has 2 rings (SSSR count). The molecular weight excluding hydrogens is 234 g/mol. The van der Waals surface area contributed by atoms with Crippen LogP contribution in [0.4, 0.5) is 10.5 Å². The molecule has 96 valence electrons. The first kappa shape index (κ1) is 12.4. The number of carboxylic acid groups (broad SMARTS) is 1. The van der Waals surface area contributed by atoms with E-state index in [1.165, 1.54) is 0 Å². The number of carbonyl (C=O) groups is 2. The van der Waals surface area contributed by atoms with Crippen molar-refractivity contribution >= 4 is 17.7 Å². The van der Waals surface area contributed by atoms with Gasteiger partial charge in [-0.25, -0.2) is 4.79 Å². The van der Waals surface area contributed by atoms with Gasteiger partial charge in [0.1, 0.15) is 0 Å². The highest BCUT2D eigenvalue weighted by Gasteiger charge is 2.30. The first-order valence-electron chi connectivity index (χ1n) is 5.91. The van der Waals surface area contributed by atoms with Crippen LogP contribution in [-0.4, -0.2) is 29.8 Å². The third-order valence-electron chi connectivity index (χ3n) is 2.96.